The molecular formula is C13H20O2. The van der Waals surface area contributed by atoms with Gasteiger partial charge in [-0.3, -0.25) is 0 Å². The Hall–Kier alpha value is -0.370. The van der Waals surface area contributed by atoms with E-state index in [4.69, 9.17) is 4.74 Å². The number of hydrogen-bond donors (Lipinski definition) is 0. The summed E-state index contributed by atoms with van der Waals surface area (Å²) < 4.78 is 5.57. The Morgan fingerprint density at radius 3 is 2.67 bits per heavy atom. The van der Waals surface area contributed by atoms with Crippen LogP contribution in [0.4, 0.5) is 0 Å². The van der Waals surface area contributed by atoms with Crippen molar-refractivity contribution >= 4 is 6.29 Å². The Kier molecular flexibility index (Phi) is 2.35. The molecule has 0 aromatic carbocycles. The summed E-state index contributed by atoms with van der Waals surface area (Å²) >= 11 is 0. The van der Waals surface area contributed by atoms with Crippen LogP contribution in [0.25, 0.3) is 0 Å². The maximum Gasteiger partial charge on any atom is 0.126 e. The Morgan fingerprint density at radius 1 is 1.20 bits per heavy atom. The van der Waals surface area contributed by atoms with Crippen molar-refractivity contribution in [3.05, 3.63) is 0 Å². The SMILES string of the molecule is O=CC1(C2CCCOC2)CC2CCC1C2. The second kappa shape index (κ2) is 3.58. The number of carbonyl (C=O) groups is 1. The standard InChI is InChI=1S/C13H20O2/c14-9-13(12-2-1-5-15-8-12)7-10-3-4-11(13)6-10/h9-12H,1-8H2. The molecular weight excluding hydrogens is 188 g/mol. The number of ether oxygens (including phenoxy) is 1. The number of fused-ring (bicyclic) bond motifs is 2. The largest absolute Gasteiger partial charge is 0.381 e. The van der Waals surface area contributed by atoms with E-state index in [2.05, 4.69) is 0 Å². The Labute approximate surface area is 91.4 Å². The summed E-state index contributed by atoms with van der Waals surface area (Å²) in [5.74, 6) is 2.06. The summed E-state index contributed by atoms with van der Waals surface area (Å²) in [5.41, 5.74) is 0.0172. The van der Waals surface area contributed by atoms with Crippen molar-refractivity contribution in [1.82, 2.24) is 0 Å². The molecule has 0 aromatic rings. The lowest BCUT2D eigenvalue weighted by Gasteiger charge is -2.41. The quantitative estimate of drug-likeness (QED) is 0.651. The maximum absolute atomic E-state index is 11.6. The van der Waals surface area contributed by atoms with E-state index in [-0.39, 0.29) is 5.41 Å². The molecule has 0 spiro atoms. The lowest BCUT2D eigenvalue weighted by Crippen LogP contribution is -2.41. The Bertz CT molecular complexity index is 257. The van der Waals surface area contributed by atoms with Gasteiger partial charge in [-0.05, 0) is 49.9 Å². The predicted molar refractivity (Wildman–Crippen MR) is 57.5 cm³/mol. The lowest BCUT2D eigenvalue weighted by molar-refractivity contribution is -0.127. The third-order valence-corrected chi connectivity index (χ3v) is 5.08. The van der Waals surface area contributed by atoms with Crippen LogP contribution in [0, 0.1) is 23.2 Å². The van der Waals surface area contributed by atoms with E-state index in [9.17, 15) is 4.79 Å². The first kappa shape index (κ1) is 9.83. The molecule has 3 aliphatic rings. The van der Waals surface area contributed by atoms with Crippen LogP contribution < -0.4 is 0 Å². The topological polar surface area (TPSA) is 26.3 Å². The summed E-state index contributed by atoms with van der Waals surface area (Å²) in [4.78, 5) is 11.6. The molecule has 2 saturated carbocycles. The molecule has 15 heavy (non-hydrogen) atoms. The van der Waals surface area contributed by atoms with Crippen LogP contribution in [0.5, 0.6) is 0 Å². The average Bonchev–Trinajstić information content (AvgIpc) is 2.90. The van der Waals surface area contributed by atoms with Crippen LogP contribution in [0.1, 0.15) is 38.5 Å². The van der Waals surface area contributed by atoms with Crippen LogP contribution in [0.2, 0.25) is 0 Å². The number of rotatable bonds is 2. The monoisotopic (exact) mass is 208 g/mol. The zero-order valence-electron chi connectivity index (χ0n) is 9.28. The van der Waals surface area contributed by atoms with Gasteiger partial charge in [0.2, 0.25) is 0 Å². The summed E-state index contributed by atoms with van der Waals surface area (Å²) in [7, 11) is 0. The van der Waals surface area contributed by atoms with Crippen LogP contribution >= 0.6 is 0 Å². The molecule has 4 unspecified atom stereocenters. The molecule has 3 rings (SSSR count). The van der Waals surface area contributed by atoms with Gasteiger partial charge in [0.05, 0.1) is 6.61 Å². The second-order valence-corrected chi connectivity index (χ2v) is 5.72. The van der Waals surface area contributed by atoms with Gasteiger partial charge in [-0.15, -0.1) is 0 Å². The van der Waals surface area contributed by atoms with Crippen molar-refractivity contribution in [2.45, 2.75) is 38.5 Å². The molecule has 1 heterocycles. The molecule has 3 fully saturated rings. The maximum atomic E-state index is 11.6. The van der Waals surface area contributed by atoms with Gasteiger partial charge in [0, 0.05) is 12.0 Å². The fraction of sp³-hybridized carbons (Fsp3) is 0.923. The van der Waals surface area contributed by atoms with E-state index in [0.29, 0.717) is 11.8 Å². The highest BCUT2D eigenvalue weighted by Gasteiger charge is 2.54. The van der Waals surface area contributed by atoms with Gasteiger partial charge < -0.3 is 9.53 Å². The smallest absolute Gasteiger partial charge is 0.126 e. The highest BCUT2D eigenvalue weighted by molar-refractivity contribution is 5.62. The number of aldehydes is 1. The van der Waals surface area contributed by atoms with E-state index in [1.807, 2.05) is 0 Å². The summed E-state index contributed by atoms with van der Waals surface area (Å²) in [6, 6.07) is 0. The first-order chi connectivity index (χ1) is 7.35. The minimum absolute atomic E-state index is 0.0172. The lowest BCUT2D eigenvalue weighted by atomic mass is 9.64. The van der Waals surface area contributed by atoms with Gasteiger partial charge in [-0.2, -0.15) is 0 Å². The van der Waals surface area contributed by atoms with Crippen LogP contribution in [-0.4, -0.2) is 19.5 Å². The highest BCUT2D eigenvalue weighted by Crippen LogP contribution is 2.59. The van der Waals surface area contributed by atoms with E-state index >= 15 is 0 Å². The van der Waals surface area contributed by atoms with E-state index in [1.165, 1.54) is 32.0 Å². The zero-order valence-corrected chi connectivity index (χ0v) is 9.28. The number of hydrogen-bond acceptors (Lipinski definition) is 2. The first-order valence-corrected chi connectivity index (χ1v) is 6.39. The summed E-state index contributed by atoms with van der Waals surface area (Å²) in [6.45, 7) is 1.74. The van der Waals surface area contributed by atoms with Crippen molar-refractivity contribution in [1.29, 1.82) is 0 Å². The highest BCUT2D eigenvalue weighted by atomic mass is 16.5. The van der Waals surface area contributed by atoms with Gasteiger partial charge >= 0.3 is 0 Å². The van der Waals surface area contributed by atoms with Gasteiger partial charge in [-0.25, -0.2) is 0 Å². The average molecular weight is 208 g/mol. The molecule has 0 aromatic heterocycles. The molecule has 2 bridgehead atoms. The molecule has 0 N–H and O–H groups in total. The molecule has 2 nitrogen and oxygen atoms in total. The molecule has 1 saturated heterocycles. The van der Waals surface area contributed by atoms with E-state index < -0.39 is 0 Å². The third kappa shape index (κ3) is 1.37. The summed E-state index contributed by atoms with van der Waals surface area (Å²) in [5, 5.41) is 0. The molecule has 0 amide bonds. The van der Waals surface area contributed by atoms with Crippen molar-refractivity contribution in [3.63, 3.8) is 0 Å². The van der Waals surface area contributed by atoms with Crippen molar-refractivity contribution in [2.24, 2.45) is 23.2 Å². The van der Waals surface area contributed by atoms with Crippen molar-refractivity contribution in [2.75, 3.05) is 13.2 Å². The Morgan fingerprint density at radius 2 is 2.13 bits per heavy atom. The van der Waals surface area contributed by atoms with Crippen molar-refractivity contribution < 1.29 is 9.53 Å². The molecule has 4 atom stereocenters. The van der Waals surface area contributed by atoms with Gasteiger partial charge in [0.15, 0.2) is 0 Å². The van der Waals surface area contributed by atoms with Gasteiger partial charge in [0.1, 0.15) is 6.29 Å². The fourth-order valence-corrected chi connectivity index (χ4v) is 4.32. The van der Waals surface area contributed by atoms with E-state index in [0.717, 1.165) is 32.0 Å². The molecule has 84 valence electrons. The Balaban J connectivity index is 1.82. The molecule has 1 aliphatic heterocycles. The van der Waals surface area contributed by atoms with E-state index in [1.54, 1.807) is 0 Å². The molecule has 2 aliphatic carbocycles. The second-order valence-electron chi connectivity index (χ2n) is 5.72. The van der Waals surface area contributed by atoms with Crippen molar-refractivity contribution in [3.8, 4) is 0 Å². The minimum atomic E-state index is 0.0172. The molecule has 2 heteroatoms. The fourth-order valence-electron chi connectivity index (χ4n) is 4.32. The third-order valence-electron chi connectivity index (χ3n) is 5.08. The first-order valence-electron chi connectivity index (χ1n) is 6.39. The normalized spacial score (nSPS) is 49.5. The number of carbonyl (C=O) groups excluding carboxylic acids is 1. The van der Waals surface area contributed by atoms with Crippen LogP contribution in [0.3, 0.4) is 0 Å². The zero-order chi connectivity index (χ0) is 10.3. The summed E-state index contributed by atoms with van der Waals surface area (Å²) in [6.07, 6.45) is 8.80. The van der Waals surface area contributed by atoms with Crippen LogP contribution in [0.15, 0.2) is 0 Å². The molecule has 0 radical (unpaired) electrons. The van der Waals surface area contributed by atoms with Gasteiger partial charge in [-0.1, -0.05) is 6.42 Å². The van der Waals surface area contributed by atoms with Crippen LogP contribution in [-0.2, 0) is 9.53 Å². The minimum Gasteiger partial charge on any atom is -0.381 e. The predicted octanol–water partition coefficient (Wildman–Crippen LogP) is 2.42. The van der Waals surface area contributed by atoms with Gasteiger partial charge in [0.25, 0.3) is 0 Å².